The highest BCUT2D eigenvalue weighted by atomic mass is 19.1. The van der Waals surface area contributed by atoms with Crippen molar-refractivity contribution in [2.75, 3.05) is 31.3 Å². The normalized spacial score (nSPS) is 12.0. The van der Waals surface area contributed by atoms with E-state index < -0.39 is 0 Å². The average molecular weight is 239 g/mol. The summed E-state index contributed by atoms with van der Waals surface area (Å²) >= 11 is 0. The van der Waals surface area contributed by atoms with E-state index in [2.05, 4.69) is 5.32 Å². The first-order valence-electron chi connectivity index (χ1n) is 5.43. The SMILES string of the molecule is CNC(=O)C(C)CN(C)c1cc(F)ccc1N. The van der Waals surface area contributed by atoms with Gasteiger partial charge in [-0.3, -0.25) is 4.79 Å². The summed E-state index contributed by atoms with van der Waals surface area (Å²) in [6, 6.07) is 4.20. The zero-order chi connectivity index (χ0) is 13.0. The summed E-state index contributed by atoms with van der Waals surface area (Å²) in [5, 5.41) is 2.58. The Kier molecular flexibility index (Phi) is 4.31. The van der Waals surface area contributed by atoms with Gasteiger partial charge in [0, 0.05) is 20.6 Å². The fraction of sp³-hybridized carbons (Fsp3) is 0.417. The molecule has 17 heavy (non-hydrogen) atoms. The number of benzene rings is 1. The molecule has 0 saturated heterocycles. The molecule has 0 fully saturated rings. The maximum Gasteiger partial charge on any atom is 0.224 e. The van der Waals surface area contributed by atoms with Crippen molar-refractivity contribution < 1.29 is 9.18 Å². The number of nitrogen functional groups attached to an aromatic ring is 1. The van der Waals surface area contributed by atoms with Crippen LogP contribution in [0, 0.1) is 11.7 Å². The predicted molar refractivity (Wildman–Crippen MR) is 67.3 cm³/mol. The predicted octanol–water partition coefficient (Wildman–Crippen LogP) is 1.23. The molecule has 0 bridgehead atoms. The third-order valence-electron chi connectivity index (χ3n) is 2.65. The van der Waals surface area contributed by atoms with Crippen molar-refractivity contribution in [3.05, 3.63) is 24.0 Å². The molecule has 5 heteroatoms. The van der Waals surface area contributed by atoms with E-state index in [4.69, 9.17) is 5.73 Å². The molecule has 0 aliphatic rings. The monoisotopic (exact) mass is 239 g/mol. The summed E-state index contributed by atoms with van der Waals surface area (Å²) < 4.78 is 13.1. The Morgan fingerprint density at radius 1 is 1.59 bits per heavy atom. The van der Waals surface area contributed by atoms with E-state index in [0.29, 0.717) is 17.9 Å². The number of amides is 1. The van der Waals surface area contributed by atoms with Crippen LogP contribution < -0.4 is 16.0 Å². The van der Waals surface area contributed by atoms with Crippen LogP contribution in [0.15, 0.2) is 18.2 Å². The second kappa shape index (κ2) is 5.52. The van der Waals surface area contributed by atoms with Gasteiger partial charge < -0.3 is 16.0 Å². The van der Waals surface area contributed by atoms with Gasteiger partial charge >= 0.3 is 0 Å². The molecule has 0 spiro atoms. The van der Waals surface area contributed by atoms with Crippen molar-refractivity contribution in [3.63, 3.8) is 0 Å². The Hall–Kier alpha value is -1.78. The molecule has 1 atom stereocenters. The van der Waals surface area contributed by atoms with Crippen LogP contribution in [0.2, 0.25) is 0 Å². The topological polar surface area (TPSA) is 58.4 Å². The van der Waals surface area contributed by atoms with Crippen LogP contribution in [0.25, 0.3) is 0 Å². The van der Waals surface area contributed by atoms with Gasteiger partial charge in [-0.25, -0.2) is 4.39 Å². The van der Waals surface area contributed by atoms with Gasteiger partial charge in [0.05, 0.1) is 17.3 Å². The molecule has 0 aliphatic heterocycles. The Bertz CT molecular complexity index is 409. The standard InChI is InChI=1S/C12H18FN3O/c1-8(12(17)15-2)7-16(3)11-6-9(13)4-5-10(11)14/h4-6,8H,7,14H2,1-3H3,(H,15,17). The molecular weight excluding hydrogens is 221 g/mol. The lowest BCUT2D eigenvalue weighted by Crippen LogP contribution is -2.34. The summed E-state index contributed by atoms with van der Waals surface area (Å²) in [4.78, 5) is 13.2. The van der Waals surface area contributed by atoms with E-state index >= 15 is 0 Å². The van der Waals surface area contributed by atoms with Crippen LogP contribution in [-0.2, 0) is 4.79 Å². The fourth-order valence-corrected chi connectivity index (χ4v) is 1.69. The number of anilines is 2. The van der Waals surface area contributed by atoms with E-state index in [-0.39, 0.29) is 17.6 Å². The Labute approximate surface area is 101 Å². The van der Waals surface area contributed by atoms with Crippen molar-refractivity contribution in [1.82, 2.24) is 5.32 Å². The molecule has 0 aromatic heterocycles. The molecule has 0 aliphatic carbocycles. The first-order chi connectivity index (χ1) is 7.95. The second-order valence-electron chi connectivity index (χ2n) is 4.10. The van der Waals surface area contributed by atoms with Crippen LogP contribution in [0.4, 0.5) is 15.8 Å². The van der Waals surface area contributed by atoms with Gasteiger partial charge in [-0.05, 0) is 18.2 Å². The number of nitrogens with one attached hydrogen (secondary N) is 1. The third kappa shape index (κ3) is 3.34. The highest BCUT2D eigenvalue weighted by molar-refractivity contribution is 5.79. The smallest absolute Gasteiger partial charge is 0.224 e. The van der Waals surface area contributed by atoms with Gasteiger partial charge in [-0.1, -0.05) is 6.92 Å². The summed E-state index contributed by atoms with van der Waals surface area (Å²) in [5.74, 6) is -0.576. The summed E-state index contributed by atoms with van der Waals surface area (Å²) in [6.45, 7) is 2.29. The van der Waals surface area contributed by atoms with E-state index in [0.717, 1.165) is 0 Å². The maximum atomic E-state index is 13.1. The number of nitrogens with zero attached hydrogens (tertiary/aromatic N) is 1. The number of nitrogens with two attached hydrogens (primary N) is 1. The quantitative estimate of drug-likeness (QED) is 0.777. The summed E-state index contributed by atoms with van der Waals surface area (Å²) in [5.41, 5.74) is 6.86. The first kappa shape index (κ1) is 13.3. The van der Waals surface area contributed by atoms with E-state index in [1.165, 1.54) is 18.2 Å². The molecule has 3 N–H and O–H groups in total. The average Bonchev–Trinajstić information content (AvgIpc) is 2.30. The molecule has 0 heterocycles. The highest BCUT2D eigenvalue weighted by Gasteiger charge is 2.15. The molecule has 1 rings (SSSR count). The van der Waals surface area contributed by atoms with Crippen LogP contribution >= 0.6 is 0 Å². The van der Waals surface area contributed by atoms with E-state index in [1.54, 1.807) is 19.0 Å². The summed E-state index contributed by atoms with van der Waals surface area (Å²) in [7, 11) is 3.37. The van der Waals surface area contributed by atoms with Crippen molar-refractivity contribution in [3.8, 4) is 0 Å². The Morgan fingerprint density at radius 2 is 2.24 bits per heavy atom. The van der Waals surface area contributed by atoms with Crippen molar-refractivity contribution in [2.45, 2.75) is 6.92 Å². The van der Waals surface area contributed by atoms with Crippen molar-refractivity contribution >= 4 is 17.3 Å². The number of carbonyl (C=O) groups excluding carboxylic acids is 1. The number of hydrogen-bond acceptors (Lipinski definition) is 3. The van der Waals surface area contributed by atoms with Gasteiger partial charge in [-0.15, -0.1) is 0 Å². The molecular formula is C12H18FN3O. The van der Waals surface area contributed by atoms with Gasteiger partial charge in [0.1, 0.15) is 5.82 Å². The second-order valence-corrected chi connectivity index (χ2v) is 4.10. The zero-order valence-electron chi connectivity index (χ0n) is 10.3. The number of hydrogen-bond donors (Lipinski definition) is 2. The fourth-order valence-electron chi connectivity index (χ4n) is 1.69. The molecule has 94 valence electrons. The molecule has 0 radical (unpaired) electrons. The molecule has 4 nitrogen and oxygen atoms in total. The minimum Gasteiger partial charge on any atom is -0.397 e. The third-order valence-corrected chi connectivity index (χ3v) is 2.65. The molecule has 1 aromatic carbocycles. The van der Waals surface area contributed by atoms with Crippen LogP contribution in [0.5, 0.6) is 0 Å². The number of carbonyl (C=O) groups is 1. The molecule has 1 amide bonds. The first-order valence-corrected chi connectivity index (χ1v) is 5.43. The number of halogens is 1. The zero-order valence-corrected chi connectivity index (χ0v) is 10.3. The van der Waals surface area contributed by atoms with E-state index in [1.807, 2.05) is 6.92 Å². The van der Waals surface area contributed by atoms with Crippen LogP contribution in [-0.4, -0.2) is 26.5 Å². The van der Waals surface area contributed by atoms with Crippen molar-refractivity contribution in [1.29, 1.82) is 0 Å². The van der Waals surface area contributed by atoms with Gasteiger partial charge in [0.25, 0.3) is 0 Å². The number of rotatable bonds is 4. The van der Waals surface area contributed by atoms with Crippen LogP contribution in [0.3, 0.4) is 0 Å². The minimum atomic E-state index is -0.339. The molecule has 0 saturated carbocycles. The Balaban J connectivity index is 2.79. The minimum absolute atomic E-state index is 0.0492. The lowest BCUT2D eigenvalue weighted by atomic mass is 10.1. The van der Waals surface area contributed by atoms with Gasteiger partial charge in [0.2, 0.25) is 5.91 Å². The lowest BCUT2D eigenvalue weighted by molar-refractivity contribution is -0.123. The van der Waals surface area contributed by atoms with Crippen LogP contribution in [0.1, 0.15) is 6.92 Å². The van der Waals surface area contributed by atoms with E-state index in [9.17, 15) is 9.18 Å². The Morgan fingerprint density at radius 3 is 2.82 bits per heavy atom. The lowest BCUT2D eigenvalue weighted by Gasteiger charge is -2.24. The highest BCUT2D eigenvalue weighted by Crippen LogP contribution is 2.23. The maximum absolute atomic E-state index is 13.1. The van der Waals surface area contributed by atoms with Gasteiger partial charge in [0.15, 0.2) is 0 Å². The molecule has 1 unspecified atom stereocenters. The largest absolute Gasteiger partial charge is 0.397 e. The van der Waals surface area contributed by atoms with Gasteiger partial charge in [-0.2, -0.15) is 0 Å². The van der Waals surface area contributed by atoms with Crippen molar-refractivity contribution in [2.24, 2.45) is 5.92 Å². The molecule has 1 aromatic rings. The summed E-state index contributed by atoms with van der Waals surface area (Å²) in [6.07, 6.45) is 0.